The molecular weight excluding hydrogens is 304 g/mol. The van der Waals surface area contributed by atoms with Crippen molar-refractivity contribution in [3.63, 3.8) is 0 Å². The first-order valence-electron chi connectivity index (χ1n) is 9.69. The summed E-state index contributed by atoms with van der Waals surface area (Å²) >= 11 is 0. The van der Waals surface area contributed by atoms with Gasteiger partial charge in [0.2, 0.25) is 0 Å². The highest BCUT2D eigenvalue weighted by atomic mass is 15.1. The second kappa shape index (κ2) is 7.45. The summed E-state index contributed by atoms with van der Waals surface area (Å²) in [5, 5.41) is 1.36. The van der Waals surface area contributed by atoms with Gasteiger partial charge in [-0.15, -0.1) is 0 Å². The zero-order valence-electron chi connectivity index (χ0n) is 15.2. The van der Waals surface area contributed by atoms with Crippen molar-refractivity contribution in [2.45, 2.75) is 38.6 Å². The van der Waals surface area contributed by atoms with Crippen LogP contribution in [0.3, 0.4) is 0 Å². The molecule has 1 saturated heterocycles. The van der Waals surface area contributed by atoms with Gasteiger partial charge in [0.05, 0.1) is 0 Å². The molecule has 2 heteroatoms. The average molecular weight is 332 g/mol. The molecule has 4 rings (SSSR count). The fourth-order valence-electron chi connectivity index (χ4n) is 4.07. The predicted octanol–water partition coefficient (Wildman–Crippen LogP) is 5.08. The second-order valence-corrected chi connectivity index (χ2v) is 7.27. The van der Waals surface area contributed by atoms with E-state index in [-0.39, 0.29) is 0 Å². The molecule has 0 unspecified atom stereocenters. The first kappa shape index (κ1) is 16.4. The lowest BCUT2D eigenvalue weighted by molar-refractivity contribution is 0.190. The Kier molecular flexibility index (Phi) is 4.89. The Hall–Kier alpha value is -2.06. The minimum atomic E-state index is 0.653. The van der Waals surface area contributed by atoms with E-state index in [4.69, 9.17) is 0 Å². The first-order chi connectivity index (χ1) is 12.3. The Morgan fingerprint density at radius 2 is 1.60 bits per heavy atom. The maximum Gasteiger partial charge on any atom is 0.0482 e. The van der Waals surface area contributed by atoms with Crippen LogP contribution in [-0.4, -0.2) is 29.1 Å². The van der Waals surface area contributed by atoms with Crippen molar-refractivity contribution >= 4 is 10.9 Å². The molecule has 0 saturated carbocycles. The van der Waals surface area contributed by atoms with Crippen LogP contribution in [0.1, 0.15) is 36.9 Å². The van der Waals surface area contributed by atoms with Gasteiger partial charge < -0.3 is 9.47 Å². The van der Waals surface area contributed by atoms with Gasteiger partial charge in [-0.25, -0.2) is 0 Å². The third kappa shape index (κ3) is 3.64. The summed E-state index contributed by atoms with van der Waals surface area (Å²) < 4.78 is 2.50. The standard InChI is InChI=1S/C23H28N2/c1-2-19-7-9-20(10-8-19)11-15-24-16-13-22(14-17-24)25-18-12-21-5-3-4-6-23(21)25/h3-10,12,18,22H,2,11,13-17H2,1H3. The van der Waals surface area contributed by atoms with E-state index < -0.39 is 0 Å². The molecule has 2 aromatic carbocycles. The number of aromatic nitrogens is 1. The van der Waals surface area contributed by atoms with Gasteiger partial charge in [0.25, 0.3) is 0 Å². The number of hydrogen-bond donors (Lipinski definition) is 0. The van der Waals surface area contributed by atoms with Gasteiger partial charge in [0.1, 0.15) is 0 Å². The monoisotopic (exact) mass is 332 g/mol. The number of nitrogens with zero attached hydrogens (tertiary/aromatic N) is 2. The van der Waals surface area contributed by atoms with E-state index in [1.54, 1.807) is 0 Å². The molecule has 1 aliphatic heterocycles. The van der Waals surface area contributed by atoms with Crippen molar-refractivity contribution in [1.82, 2.24) is 9.47 Å². The Labute approximate surface area is 151 Å². The normalized spacial score (nSPS) is 16.5. The lowest BCUT2D eigenvalue weighted by Gasteiger charge is -2.33. The molecule has 1 aromatic heterocycles. The summed E-state index contributed by atoms with van der Waals surface area (Å²) in [4.78, 5) is 2.63. The molecule has 3 aromatic rings. The molecular formula is C23H28N2. The number of fused-ring (bicyclic) bond motifs is 1. The smallest absolute Gasteiger partial charge is 0.0482 e. The number of likely N-dealkylation sites (tertiary alicyclic amines) is 1. The number of rotatable bonds is 5. The van der Waals surface area contributed by atoms with Crippen LogP contribution in [0.5, 0.6) is 0 Å². The fourth-order valence-corrected chi connectivity index (χ4v) is 4.07. The predicted molar refractivity (Wildman–Crippen MR) is 106 cm³/mol. The molecule has 0 radical (unpaired) electrons. The fraction of sp³-hybridized carbons (Fsp3) is 0.391. The van der Waals surface area contributed by atoms with Crippen LogP contribution in [0.4, 0.5) is 0 Å². The molecule has 0 aliphatic carbocycles. The van der Waals surface area contributed by atoms with Gasteiger partial charge >= 0.3 is 0 Å². The summed E-state index contributed by atoms with van der Waals surface area (Å²) in [6.45, 7) is 5.83. The molecule has 2 heterocycles. The number of piperidine rings is 1. The van der Waals surface area contributed by atoms with Gasteiger partial charge in [-0.3, -0.25) is 0 Å². The highest BCUT2D eigenvalue weighted by Crippen LogP contribution is 2.27. The van der Waals surface area contributed by atoms with Crippen LogP contribution < -0.4 is 0 Å². The summed E-state index contributed by atoms with van der Waals surface area (Å²) in [7, 11) is 0. The Bertz CT molecular complexity index is 807. The van der Waals surface area contributed by atoms with Crippen LogP contribution in [0, 0.1) is 0 Å². The van der Waals surface area contributed by atoms with Crippen molar-refractivity contribution in [3.05, 3.63) is 71.9 Å². The van der Waals surface area contributed by atoms with E-state index in [1.807, 2.05) is 0 Å². The Morgan fingerprint density at radius 1 is 0.880 bits per heavy atom. The van der Waals surface area contributed by atoms with Gasteiger partial charge in [-0.2, -0.15) is 0 Å². The number of aryl methyl sites for hydroxylation is 1. The number of benzene rings is 2. The highest BCUT2D eigenvalue weighted by molar-refractivity contribution is 5.80. The molecule has 0 amide bonds. The molecule has 0 bridgehead atoms. The molecule has 130 valence electrons. The van der Waals surface area contributed by atoms with Gasteiger partial charge in [0, 0.05) is 37.4 Å². The summed E-state index contributed by atoms with van der Waals surface area (Å²) in [6, 6.07) is 20.8. The van der Waals surface area contributed by atoms with Crippen molar-refractivity contribution in [2.75, 3.05) is 19.6 Å². The number of para-hydroxylation sites is 1. The van der Waals surface area contributed by atoms with Gasteiger partial charge in [-0.1, -0.05) is 49.4 Å². The summed E-state index contributed by atoms with van der Waals surface area (Å²) in [5.74, 6) is 0. The minimum absolute atomic E-state index is 0.653. The summed E-state index contributed by atoms with van der Waals surface area (Å²) in [5.41, 5.74) is 4.29. The zero-order valence-corrected chi connectivity index (χ0v) is 15.2. The lowest BCUT2D eigenvalue weighted by Crippen LogP contribution is -2.35. The van der Waals surface area contributed by atoms with E-state index >= 15 is 0 Å². The largest absolute Gasteiger partial charge is 0.344 e. The Morgan fingerprint density at radius 3 is 2.36 bits per heavy atom. The minimum Gasteiger partial charge on any atom is -0.344 e. The van der Waals surface area contributed by atoms with Crippen LogP contribution >= 0.6 is 0 Å². The first-order valence-corrected chi connectivity index (χ1v) is 9.69. The van der Waals surface area contributed by atoms with Crippen LogP contribution in [-0.2, 0) is 12.8 Å². The lowest BCUT2D eigenvalue weighted by atomic mass is 10.0. The molecule has 0 atom stereocenters. The van der Waals surface area contributed by atoms with E-state index in [1.165, 1.54) is 60.9 Å². The van der Waals surface area contributed by atoms with Crippen molar-refractivity contribution in [2.24, 2.45) is 0 Å². The molecule has 1 aliphatic rings. The van der Waals surface area contributed by atoms with Crippen LogP contribution in [0.25, 0.3) is 10.9 Å². The zero-order chi connectivity index (χ0) is 17.1. The molecule has 1 fully saturated rings. The summed E-state index contributed by atoms with van der Waals surface area (Å²) in [6.07, 6.45) is 7.09. The Balaban J connectivity index is 1.32. The van der Waals surface area contributed by atoms with Crippen LogP contribution in [0.2, 0.25) is 0 Å². The quantitative estimate of drug-likeness (QED) is 0.632. The van der Waals surface area contributed by atoms with E-state index in [0.717, 1.165) is 6.42 Å². The van der Waals surface area contributed by atoms with E-state index in [9.17, 15) is 0 Å². The van der Waals surface area contributed by atoms with Crippen LogP contribution in [0.15, 0.2) is 60.8 Å². The van der Waals surface area contributed by atoms with E-state index in [0.29, 0.717) is 6.04 Å². The maximum atomic E-state index is 2.63. The maximum absolute atomic E-state index is 2.63. The third-order valence-corrected chi connectivity index (χ3v) is 5.73. The number of hydrogen-bond acceptors (Lipinski definition) is 1. The average Bonchev–Trinajstić information content (AvgIpc) is 3.11. The molecule has 2 nitrogen and oxygen atoms in total. The van der Waals surface area contributed by atoms with E-state index in [2.05, 4.69) is 77.2 Å². The highest BCUT2D eigenvalue weighted by Gasteiger charge is 2.21. The molecule has 25 heavy (non-hydrogen) atoms. The topological polar surface area (TPSA) is 8.17 Å². The van der Waals surface area contributed by atoms with Crippen molar-refractivity contribution < 1.29 is 0 Å². The molecule has 0 N–H and O–H groups in total. The molecule has 0 spiro atoms. The van der Waals surface area contributed by atoms with Crippen molar-refractivity contribution in [1.29, 1.82) is 0 Å². The third-order valence-electron chi connectivity index (χ3n) is 5.73. The van der Waals surface area contributed by atoms with Gasteiger partial charge in [-0.05, 0) is 54.3 Å². The van der Waals surface area contributed by atoms with Gasteiger partial charge in [0.15, 0.2) is 0 Å². The van der Waals surface area contributed by atoms with Crippen molar-refractivity contribution in [3.8, 4) is 0 Å². The SMILES string of the molecule is CCc1ccc(CCN2CCC(n3ccc4ccccc43)CC2)cc1. The second-order valence-electron chi connectivity index (χ2n) is 7.27.